The van der Waals surface area contributed by atoms with Gasteiger partial charge in [-0.15, -0.1) is 0 Å². The van der Waals surface area contributed by atoms with E-state index in [1.807, 2.05) is 30.6 Å². The van der Waals surface area contributed by atoms with Crippen molar-refractivity contribution in [3.8, 4) is 0 Å². The summed E-state index contributed by atoms with van der Waals surface area (Å²) in [5.74, 6) is 0.990. The zero-order valence-corrected chi connectivity index (χ0v) is 7.64. The molecule has 0 bridgehead atoms. The Bertz CT molecular complexity index is 410. The molecule has 1 aliphatic heterocycles. The molecule has 1 aliphatic rings. The van der Waals surface area contributed by atoms with Crippen molar-refractivity contribution in [2.75, 3.05) is 0 Å². The molecule has 0 atom stereocenters. The third kappa shape index (κ3) is 1.58. The van der Waals surface area contributed by atoms with Crippen LogP contribution >= 0.6 is 0 Å². The van der Waals surface area contributed by atoms with E-state index in [1.54, 1.807) is 0 Å². The second kappa shape index (κ2) is 3.38. The van der Waals surface area contributed by atoms with Crippen molar-refractivity contribution in [2.45, 2.75) is 13.3 Å². The van der Waals surface area contributed by atoms with E-state index in [1.165, 1.54) is 5.69 Å². The molecule has 0 amide bonds. The van der Waals surface area contributed by atoms with Crippen LogP contribution in [0.2, 0.25) is 0 Å². The van der Waals surface area contributed by atoms with Gasteiger partial charge in [-0.05, 0) is 4.67 Å². The number of hydrogen-bond donors (Lipinski definition) is 0. The van der Waals surface area contributed by atoms with Crippen LogP contribution in [0.15, 0.2) is 36.5 Å². The fraction of sp³-hybridized carbons (Fsp3) is 0.182. The zero-order valence-electron chi connectivity index (χ0n) is 7.64. The van der Waals surface area contributed by atoms with Crippen LogP contribution in [-0.2, 0) is 0 Å². The molecule has 0 unspecified atom stereocenters. The molecule has 0 aromatic carbocycles. The smallest absolute Gasteiger partial charge is 0.0941 e. The molecular weight excluding hydrogens is 160 g/mol. The maximum absolute atomic E-state index is 4.33. The van der Waals surface area contributed by atoms with Crippen LogP contribution < -0.4 is 9.24 Å². The van der Waals surface area contributed by atoms with Crippen molar-refractivity contribution in [1.82, 2.24) is 4.67 Å². The fourth-order valence-corrected chi connectivity index (χ4v) is 1.35. The van der Waals surface area contributed by atoms with Crippen LogP contribution in [0.5, 0.6) is 0 Å². The van der Waals surface area contributed by atoms with Crippen molar-refractivity contribution in [3.63, 3.8) is 0 Å². The fourth-order valence-electron chi connectivity index (χ4n) is 1.35. The number of allylic oxidation sites excluding steroid dienone is 2. The van der Waals surface area contributed by atoms with Crippen molar-refractivity contribution in [3.05, 3.63) is 42.2 Å². The normalized spacial score (nSPS) is 14.4. The number of pyridine rings is 1. The number of hydrogen-bond acceptors (Lipinski definition) is 0. The van der Waals surface area contributed by atoms with Crippen LogP contribution in [0.1, 0.15) is 12.1 Å². The lowest BCUT2D eigenvalue weighted by Gasteiger charge is -1.90. The van der Waals surface area contributed by atoms with E-state index < -0.39 is 0 Å². The molecule has 2 rings (SSSR count). The standard InChI is InChI=1S/C11H12N2/c1-10-6-3-5-9-13(10)11-7-2-4-8-12-11/h2-3,5-9H,4H2,1H3/q+2. The highest BCUT2D eigenvalue weighted by Crippen LogP contribution is 1.89. The third-order valence-electron chi connectivity index (χ3n) is 2.04. The Morgan fingerprint density at radius 2 is 2.31 bits per heavy atom. The monoisotopic (exact) mass is 172 g/mol. The van der Waals surface area contributed by atoms with E-state index in [2.05, 4.69) is 28.3 Å². The second-order valence-electron chi connectivity index (χ2n) is 3.02. The Balaban J connectivity index is 2.52. The van der Waals surface area contributed by atoms with Crippen molar-refractivity contribution >= 4 is 12.1 Å². The molecule has 0 saturated carbocycles. The third-order valence-corrected chi connectivity index (χ3v) is 2.04. The Morgan fingerprint density at radius 1 is 1.38 bits per heavy atom. The largest absolute Gasteiger partial charge is 0.561 e. The summed E-state index contributed by atoms with van der Waals surface area (Å²) in [6, 6.07) is 6.12. The molecule has 2 heterocycles. The summed E-state index contributed by atoms with van der Waals surface area (Å²) in [5.41, 5.74) is 1.20. The van der Waals surface area contributed by atoms with E-state index in [0.717, 1.165) is 12.3 Å². The van der Waals surface area contributed by atoms with Gasteiger partial charge in [0.2, 0.25) is 0 Å². The van der Waals surface area contributed by atoms with Crippen LogP contribution in [0.25, 0.3) is 0 Å². The Hall–Kier alpha value is -1.66. The summed E-state index contributed by atoms with van der Waals surface area (Å²) in [7, 11) is 0. The van der Waals surface area contributed by atoms with Crippen molar-refractivity contribution in [1.29, 1.82) is 0 Å². The first-order chi connectivity index (χ1) is 6.38. The number of nitrogens with zero attached hydrogens (tertiary/aromatic N) is 2. The minimum absolute atomic E-state index is 0.940. The first kappa shape index (κ1) is 7.96. The van der Waals surface area contributed by atoms with Gasteiger partial charge in [0.05, 0.1) is 12.5 Å². The maximum atomic E-state index is 4.33. The Morgan fingerprint density at radius 3 is 3.00 bits per heavy atom. The summed E-state index contributed by atoms with van der Waals surface area (Å²) in [4.78, 5) is 0. The SMILES string of the molecule is Cc1cccc[n+]1C1=[N+]=CCC=C1. The molecule has 0 fully saturated rings. The molecule has 2 heteroatoms. The van der Waals surface area contributed by atoms with Gasteiger partial charge in [0.25, 0.3) is 6.21 Å². The highest BCUT2D eigenvalue weighted by molar-refractivity contribution is 5.89. The van der Waals surface area contributed by atoms with E-state index in [4.69, 9.17) is 0 Å². The summed E-state index contributed by atoms with van der Waals surface area (Å²) >= 11 is 0. The second-order valence-corrected chi connectivity index (χ2v) is 3.02. The predicted molar refractivity (Wildman–Crippen MR) is 53.7 cm³/mol. The van der Waals surface area contributed by atoms with Crippen molar-refractivity contribution in [2.24, 2.45) is 0 Å². The molecule has 0 spiro atoms. The number of rotatable bonds is 0. The van der Waals surface area contributed by atoms with Crippen LogP contribution in [-0.4, -0.2) is 12.1 Å². The summed E-state index contributed by atoms with van der Waals surface area (Å²) < 4.78 is 6.40. The molecule has 2 nitrogen and oxygen atoms in total. The molecule has 0 aliphatic carbocycles. The maximum Gasteiger partial charge on any atom is 0.561 e. The van der Waals surface area contributed by atoms with Gasteiger partial charge in [0, 0.05) is 19.1 Å². The molecule has 1 aromatic rings. The molecule has 13 heavy (non-hydrogen) atoms. The van der Waals surface area contributed by atoms with E-state index in [9.17, 15) is 0 Å². The summed E-state index contributed by atoms with van der Waals surface area (Å²) in [6.07, 6.45) is 9.05. The number of aromatic nitrogens is 1. The quantitative estimate of drug-likeness (QED) is 0.403. The molecule has 0 saturated heterocycles. The van der Waals surface area contributed by atoms with Gasteiger partial charge >= 0.3 is 5.84 Å². The van der Waals surface area contributed by atoms with Crippen molar-refractivity contribution < 1.29 is 4.57 Å². The lowest BCUT2D eigenvalue weighted by molar-refractivity contribution is -0.561. The molecule has 1 aromatic heterocycles. The van der Waals surface area contributed by atoms with E-state index in [0.29, 0.717) is 0 Å². The highest BCUT2D eigenvalue weighted by atomic mass is 15.0. The molecular formula is C11H12N2+2. The highest BCUT2D eigenvalue weighted by Gasteiger charge is 2.21. The topological polar surface area (TPSA) is 18.0 Å². The number of aryl methyl sites for hydroxylation is 1. The van der Waals surface area contributed by atoms with Gasteiger partial charge < -0.3 is 0 Å². The minimum Gasteiger partial charge on any atom is -0.0941 e. The average Bonchev–Trinajstić information content (AvgIpc) is 2.20. The lowest BCUT2D eigenvalue weighted by atomic mass is 10.3. The average molecular weight is 172 g/mol. The molecule has 0 radical (unpaired) electrons. The van der Waals surface area contributed by atoms with E-state index in [-0.39, 0.29) is 0 Å². The van der Waals surface area contributed by atoms with Gasteiger partial charge in [-0.1, -0.05) is 16.7 Å². The summed E-state index contributed by atoms with van der Waals surface area (Å²) in [5, 5.41) is 0. The van der Waals surface area contributed by atoms with Gasteiger partial charge in [-0.25, -0.2) is 0 Å². The minimum atomic E-state index is 0.940. The van der Waals surface area contributed by atoms with E-state index >= 15 is 0 Å². The Labute approximate surface area is 77.6 Å². The first-order valence-corrected chi connectivity index (χ1v) is 4.41. The summed E-state index contributed by atoms with van der Waals surface area (Å²) in [6.45, 7) is 2.07. The van der Waals surface area contributed by atoms with Gasteiger partial charge in [0.1, 0.15) is 0 Å². The van der Waals surface area contributed by atoms with Crippen LogP contribution in [0, 0.1) is 6.92 Å². The zero-order chi connectivity index (χ0) is 9.10. The molecule has 64 valence electrons. The van der Waals surface area contributed by atoms with Crippen LogP contribution in [0.4, 0.5) is 0 Å². The first-order valence-electron chi connectivity index (χ1n) is 4.41. The van der Waals surface area contributed by atoms with Crippen LogP contribution in [0.3, 0.4) is 0 Å². The molecule has 0 N–H and O–H groups in total. The van der Waals surface area contributed by atoms with Gasteiger partial charge in [0.15, 0.2) is 11.9 Å². The van der Waals surface area contributed by atoms with Gasteiger partial charge in [-0.3, -0.25) is 0 Å². The van der Waals surface area contributed by atoms with Gasteiger partial charge in [-0.2, -0.15) is 0 Å². The predicted octanol–water partition coefficient (Wildman–Crippen LogP) is 0.627. The Kier molecular flexibility index (Phi) is 2.07. The lowest BCUT2D eigenvalue weighted by Crippen LogP contribution is -2.46.